The van der Waals surface area contributed by atoms with E-state index in [2.05, 4.69) is 26.8 Å². The van der Waals surface area contributed by atoms with Crippen molar-refractivity contribution in [2.45, 2.75) is 52.4 Å². The van der Waals surface area contributed by atoms with Gasteiger partial charge in [-0.15, -0.1) is 0 Å². The van der Waals surface area contributed by atoms with Crippen LogP contribution in [0, 0.1) is 0 Å². The first-order chi connectivity index (χ1) is 10.7. The van der Waals surface area contributed by atoms with Gasteiger partial charge in [-0.05, 0) is 36.3 Å². The van der Waals surface area contributed by atoms with Crippen LogP contribution in [0.2, 0.25) is 0 Å². The molecule has 0 saturated heterocycles. The largest absolute Gasteiger partial charge is 0.289 e. The zero-order valence-corrected chi connectivity index (χ0v) is 13.9. The summed E-state index contributed by atoms with van der Waals surface area (Å²) < 4.78 is 0. The van der Waals surface area contributed by atoms with Crippen LogP contribution in [0.25, 0.3) is 0 Å². The van der Waals surface area contributed by atoms with Crippen molar-refractivity contribution in [1.82, 2.24) is 0 Å². The Morgan fingerprint density at radius 2 is 1.73 bits per heavy atom. The Kier molecular flexibility index (Phi) is 5.94. The maximum Gasteiger partial charge on any atom is 0.193 e. The molecule has 0 bridgehead atoms. The molecule has 0 N–H and O–H groups in total. The Labute approximate surface area is 134 Å². The molecule has 0 amide bonds. The van der Waals surface area contributed by atoms with Gasteiger partial charge in [-0.2, -0.15) is 0 Å². The van der Waals surface area contributed by atoms with E-state index in [1.807, 2.05) is 42.5 Å². The molecule has 1 nitrogen and oxygen atoms in total. The topological polar surface area (TPSA) is 17.1 Å². The number of hydrogen-bond acceptors (Lipinski definition) is 1. The van der Waals surface area contributed by atoms with Crippen LogP contribution in [0.3, 0.4) is 0 Å². The van der Waals surface area contributed by atoms with Crippen LogP contribution in [0.1, 0.15) is 73.0 Å². The Morgan fingerprint density at radius 1 is 1.00 bits per heavy atom. The zero-order chi connectivity index (χ0) is 15.9. The lowest BCUT2D eigenvalue weighted by molar-refractivity contribution is 0.103. The van der Waals surface area contributed by atoms with Crippen molar-refractivity contribution < 1.29 is 4.79 Å². The predicted molar refractivity (Wildman–Crippen MR) is 93.6 cm³/mol. The summed E-state index contributed by atoms with van der Waals surface area (Å²) in [5.41, 5.74) is 4.27. The first kappa shape index (κ1) is 16.5. The third-order valence-electron chi connectivity index (χ3n) is 4.42. The summed E-state index contributed by atoms with van der Waals surface area (Å²) in [6.45, 7) is 6.66. The van der Waals surface area contributed by atoms with Crippen LogP contribution in [-0.4, -0.2) is 5.78 Å². The Hall–Kier alpha value is -1.89. The molecule has 22 heavy (non-hydrogen) atoms. The van der Waals surface area contributed by atoms with Crippen molar-refractivity contribution in [2.24, 2.45) is 0 Å². The van der Waals surface area contributed by atoms with Crippen molar-refractivity contribution in [3.05, 3.63) is 70.8 Å². The third kappa shape index (κ3) is 3.65. The Balaban J connectivity index is 2.47. The molecule has 1 heteroatoms. The van der Waals surface area contributed by atoms with E-state index in [9.17, 15) is 4.79 Å². The fourth-order valence-electron chi connectivity index (χ4n) is 2.88. The van der Waals surface area contributed by atoms with E-state index >= 15 is 0 Å². The van der Waals surface area contributed by atoms with E-state index in [1.165, 1.54) is 11.1 Å². The second-order valence-corrected chi connectivity index (χ2v) is 5.98. The fraction of sp³-hybridized carbons (Fsp3) is 0.381. The monoisotopic (exact) mass is 294 g/mol. The number of unbranched alkanes of at least 4 members (excludes halogenated alkanes) is 1. The number of hydrogen-bond donors (Lipinski definition) is 0. The van der Waals surface area contributed by atoms with Crippen molar-refractivity contribution >= 4 is 5.78 Å². The maximum atomic E-state index is 12.9. The number of ketones is 1. The van der Waals surface area contributed by atoms with Gasteiger partial charge in [0.2, 0.25) is 0 Å². The van der Waals surface area contributed by atoms with E-state index in [1.54, 1.807) is 0 Å². The normalized spacial score (nSPS) is 12.1. The lowest BCUT2D eigenvalue weighted by Crippen LogP contribution is -2.09. The second-order valence-electron chi connectivity index (χ2n) is 5.98. The first-order valence-electron chi connectivity index (χ1n) is 8.40. The Bertz CT molecular complexity index is 613. The molecule has 1 atom stereocenters. The summed E-state index contributed by atoms with van der Waals surface area (Å²) >= 11 is 0. The van der Waals surface area contributed by atoms with Crippen molar-refractivity contribution in [1.29, 1.82) is 0 Å². The van der Waals surface area contributed by atoms with Gasteiger partial charge in [0.05, 0.1) is 0 Å². The molecule has 0 radical (unpaired) electrons. The minimum absolute atomic E-state index is 0.150. The van der Waals surface area contributed by atoms with Crippen LogP contribution in [0.4, 0.5) is 0 Å². The lowest BCUT2D eigenvalue weighted by atomic mass is 9.86. The molecule has 0 spiro atoms. The quantitative estimate of drug-likeness (QED) is 0.592. The van der Waals surface area contributed by atoms with Crippen LogP contribution in [-0.2, 0) is 6.42 Å². The van der Waals surface area contributed by atoms with Gasteiger partial charge >= 0.3 is 0 Å². The first-order valence-corrected chi connectivity index (χ1v) is 8.40. The smallest absolute Gasteiger partial charge is 0.193 e. The SMILES string of the molecule is CCCCc1c(C(=O)c2ccccc2)cccc1C(C)CC. The van der Waals surface area contributed by atoms with Crippen molar-refractivity contribution in [2.75, 3.05) is 0 Å². The van der Waals surface area contributed by atoms with Crippen LogP contribution < -0.4 is 0 Å². The van der Waals surface area contributed by atoms with E-state index in [0.29, 0.717) is 5.92 Å². The number of carbonyl (C=O) groups excluding carboxylic acids is 1. The highest BCUT2D eigenvalue weighted by Gasteiger charge is 2.18. The van der Waals surface area contributed by atoms with Gasteiger partial charge in [0.25, 0.3) is 0 Å². The molecule has 0 aliphatic rings. The maximum absolute atomic E-state index is 12.9. The van der Waals surface area contributed by atoms with Gasteiger partial charge in [-0.3, -0.25) is 4.79 Å². The molecule has 2 aromatic rings. The summed E-state index contributed by atoms with van der Waals surface area (Å²) in [5, 5.41) is 0. The molecule has 116 valence electrons. The average molecular weight is 294 g/mol. The van der Waals surface area contributed by atoms with Crippen LogP contribution >= 0.6 is 0 Å². The second kappa shape index (κ2) is 7.93. The van der Waals surface area contributed by atoms with Crippen molar-refractivity contribution in [3.63, 3.8) is 0 Å². The Morgan fingerprint density at radius 3 is 2.36 bits per heavy atom. The predicted octanol–water partition coefficient (Wildman–Crippen LogP) is 5.77. The molecule has 0 heterocycles. The molecule has 0 aliphatic carbocycles. The van der Waals surface area contributed by atoms with Crippen LogP contribution in [0.15, 0.2) is 48.5 Å². The molecule has 0 aromatic heterocycles. The number of carbonyl (C=O) groups is 1. The third-order valence-corrected chi connectivity index (χ3v) is 4.42. The van der Waals surface area contributed by atoms with E-state index < -0.39 is 0 Å². The van der Waals surface area contributed by atoms with E-state index in [4.69, 9.17) is 0 Å². The van der Waals surface area contributed by atoms with Crippen molar-refractivity contribution in [3.8, 4) is 0 Å². The van der Waals surface area contributed by atoms with Crippen LogP contribution in [0.5, 0.6) is 0 Å². The van der Waals surface area contributed by atoms with Gasteiger partial charge in [0, 0.05) is 11.1 Å². The molecule has 0 aliphatic heterocycles. The molecule has 0 fully saturated rings. The number of benzene rings is 2. The van der Waals surface area contributed by atoms with Gasteiger partial charge < -0.3 is 0 Å². The summed E-state index contributed by atoms with van der Waals surface area (Å²) in [4.78, 5) is 12.9. The minimum atomic E-state index is 0.150. The number of rotatable bonds is 7. The molecule has 2 aromatic carbocycles. The summed E-state index contributed by atoms with van der Waals surface area (Å²) in [6.07, 6.45) is 4.36. The van der Waals surface area contributed by atoms with Gasteiger partial charge in [-0.25, -0.2) is 0 Å². The summed E-state index contributed by atoms with van der Waals surface area (Å²) in [7, 11) is 0. The molecule has 2 rings (SSSR count). The van der Waals surface area contributed by atoms with Gasteiger partial charge in [0.1, 0.15) is 0 Å². The standard InChI is InChI=1S/C21H26O/c1-4-6-13-19-18(16(3)5-2)14-10-15-20(19)21(22)17-11-8-7-9-12-17/h7-12,14-16H,4-6,13H2,1-3H3. The molecular weight excluding hydrogens is 268 g/mol. The summed E-state index contributed by atoms with van der Waals surface area (Å²) in [5.74, 6) is 0.646. The van der Waals surface area contributed by atoms with E-state index in [-0.39, 0.29) is 5.78 Å². The molecule has 1 unspecified atom stereocenters. The van der Waals surface area contributed by atoms with Gasteiger partial charge in [0.15, 0.2) is 5.78 Å². The lowest BCUT2D eigenvalue weighted by Gasteiger charge is -2.18. The minimum Gasteiger partial charge on any atom is -0.289 e. The zero-order valence-electron chi connectivity index (χ0n) is 13.9. The average Bonchev–Trinajstić information content (AvgIpc) is 2.59. The molecular formula is C21H26O. The van der Waals surface area contributed by atoms with Gasteiger partial charge in [-0.1, -0.05) is 75.7 Å². The highest BCUT2D eigenvalue weighted by molar-refractivity contribution is 6.10. The highest BCUT2D eigenvalue weighted by Crippen LogP contribution is 2.28. The summed E-state index contributed by atoms with van der Waals surface area (Å²) in [6, 6.07) is 15.8. The fourth-order valence-corrected chi connectivity index (χ4v) is 2.88. The highest BCUT2D eigenvalue weighted by atomic mass is 16.1. The van der Waals surface area contributed by atoms with E-state index in [0.717, 1.165) is 36.8 Å². The molecule has 0 saturated carbocycles.